The minimum atomic E-state index is -0.135. The number of hydrogen-bond acceptors (Lipinski definition) is 3. The van der Waals surface area contributed by atoms with Crippen molar-refractivity contribution in [3.05, 3.63) is 65.1 Å². The van der Waals surface area contributed by atoms with E-state index in [1.54, 1.807) is 11.1 Å². The van der Waals surface area contributed by atoms with Gasteiger partial charge in [-0.05, 0) is 69.0 Å². The van der Waals surface area contributed by atoms with Gasteiger partial charge in [0.25, 0.3) is 11.8 Å². The molecule has 0 spiro atoms. The number of anilines is 1. The lowest BCUT2D eigenvalue weighted by molar-refractivity contribution is 0.0938. The van der Waals surface area contributed by atoms with E-state index < -0.39 is 0 Å². The quantitative estimate of drug-likeness (QED) is 0.762. The Balaban J connectivity index is 1.70. The van der Waals surface area contributed by atoms with Crippen molar-refractivity contribution in [3.63, 3.8) is 0 Å². The molecule has 1 N–H and O–H groups in total. The Bertz CT molecular complexity index is 1070. The average molecular weight is 376 g/mol. The fourth-order valence-electron chi connectivity index (χ4n) is 3.71. The van der Waals surface area contributed by atoms with Crippen LogP contribution in [-0.2, 0) is 6.42 Å². The Hall–Kier alpha value is -3.15. The molecular weight excluding hydrogens is 352 g/mol. The molecule has 0 saturated heterocycles. The Labute approximate surface area is 164 Å². The van der Waals surface area contributed by atoms with Crippen LogP contribution >= 0.6 is 0 Å². The number of carbonyl (C=O) groups excluding carboxylic acids is 2. The maximum atomic E-state index is 13.2. The van der Waals surface area contributed by atoms with Gasteiger partial charge in [-0.3, -0.25) is 9.59 Å². The number of nitrogens with one attached hydrogen (secondary N) is 1. The van der Waals surface area contributed by atoms with Gasteiger partial charge in [-0.2, -0.15) is 0 Å². The van der Waals surface area contributed by atoms with Gasteiger partial charge in [-0.15, -0.1) is 0 Å². The van der Waals surface area contributed by atoms with Crippen molar-refractivity contribution in [2.24, 2.45) is 0 Å². The number of hydrogen-bond donors (Lipinski definition) is 1. The van der Waals surface area contributed by atoms with E-state index in [1.807, 2.05) is 61.7 Å². The van der Waals surface area contributed by atoms with E-state index in [0.717, 1.165) is 35.3 Å². The zero-order chi connectivity index (χ0) is 19.8. The van der Waals surface area contributed by atoms with Crippen LogP contribution in [0.15, 0.2) is 42.7 Å². The molecule has 144 valence electrons. The SMILES string of the molecule is Cc1ccn2cc(C(=O)N3CCCc4c(C(=O)NC(C)C)cccc43)nc2c1. The summed E-state index contributed by atoms with van der Waals surface area (Å²) in [6.07, 6.45) is 5.27. The molecule has 28 heavy (non-hydrogen) atoms. The normalized spacial score (nSPS) is 13.6. The molecule has 4 rings (SSSR count). The number of aryl methyl sites for hydroxylation is 1. The van der Waals surface area contributed by atoms with Gasteiger partial charge in [-0.1, -0.05) is 6.07 Å². The Kier molecular flexibility index (Phi) is 4.63. The molecule has 1 aromatic carbocycles. The third kappa shape index (κ3) is 3.26. The first-order chi connectivity index (χ1) is 13.4. The molecule has 0 bridgehead atoms. The lowest BCUT2D eigenvalue weighted by atomic mass is 9.95. The highest BCUT2D eigenvalue weighted by molar-refractivity contribution is 6.07. The van der Waals surface area contributed by atoms with E-state index in [4.69, 9.17) is 0 Å². The number of benzene rings is 1. The van der Waals surface area contributed by atoms with Crippen LogP contribution in [0.2, 0.25) is 0 Å². The molecule has 0 saturated carbocycles. The molecule has 0 radical (unpaired) electrons. The topological polar surface area (TPSA) is 66.7 Å². The van der Waals surface area contributed by atoms with E-state index in [0.29, 0.717) is 17.8 Å². The van der Waals surface area contributed by atoms with Gasteiger partial charge in [0.15, 0.2) is 0 Å². The Morgan fingerprint density at radius 1 is 1.21 bits per heavy atom. The first-order valence-electron chi connectivity index (χ1n) is 9.64. The number of nitrogens with zero attached hydrogens (tertiary/aromatic N) is 3. The van der Waals surface area contributed by atoms with Crippen LogP contribution in [0.1, 0.15) is 52.2 Å². The molecule has 0 aliphatic carbocycles. The van der Waals surface area contributed by atoms with Gasteiger partial charge in [0.1, 0.15) is 11.3 Å². The smallest absolute Gasteiger partial charge is 0.278 e. The molecule has 0 atom stereocenters. The third-order valence-electron chi connectivity index (χ3n) is 4.99. The molecular formula is C22H24N4O2. The largest absolute Gasteiger partial charge is 0.350 e. The fraction of sp³-hybridized carbons (Fsp3) is 0.318. The van der Waals surface area contributed by atoms with Crippen molar-refractivity contribution in [1.29, 1.82) is 0 Å². The lowest BCUT2D eigenvalue weighted by Crippen LogP contribution is -2.37. The van der Waals surface area contributed by atoms with Crippen LogP contribution in [0.3, 0.4) is 0 Å². The number of pyridine rings is 1. The zero-order valence-electron chi connectivity index (χ0n) is 16.4. The second kappa shape index (κ2) is 7.11. The molecule has 3 aromatic rings. The van der Waals surface area contributed by atoms with Crippen molar-refractivity contribution >= 4 is 23.1 Å². The van der Waals surface area contributed by atoms with E-state index in [-0.39, 0.29) is 17.9 Å². The van der Waals surface area contributed by atoms with Gasteiger partial charge in [0, 0.05) is 36.2 Å². The highest BCUT2D eigenvalue weighted by Gasteiger charge is 2.28. The Morgan fingerprint density at radius 2 is 2.04 bits per heavy atom. The van der Waals surface area contributed by atoms with Gasteiger partial charge in [0.2, 0.25) is 0 Å². The van der Waals surface area contributed by atoms with Gasteiger partial charge < -0.3 is 14.6 Å². The van der Waals surface area contributed by atoms with Crippen molar-refractivity contribution in [3.8, 4) is 0 Å². The molecule has 2 amide bonds. The standard InChI is InChI=1S/C22H24N4O2/c1-14(2)23-21(27)17-6-4-8-19-16(17)7-5-10-26(19)22(28)18-13-25-11-9-15(3)12-20(25)24-18/h4,6,8-9,11-14H,5,7,10H2,1-3H3,(H,23,27). The summed E-state index contributed by atoms with van der Waals surface area (Å²) >= 11 is 0. The van der Waals surface area contributed by atoms with E-state index in [1.165, 1.54) is 0 Å². The first kappa shape index (κ1) is 18.2. The second-order valence-electron chi connectivity index (χ2n) is 7.59. The average Bonchev–Trinajstić information content (AvgIpc) is 3.09. The fourth-order valence-corrected chi connectivity index (χ4v) is 3.71. The summed E-state index contributed by atoms with van der Waals surface area (Å²) in [5.74, 6) is -0.229. The summed E-state index contributed by atoms with van der Waals surface area (Å²) in [7, 11) is 0. The van der Waals surface area contributed by atoms with Crippen LogP contribution in [0.4, 0.5) is 5.69 Å². The van der Waals surface area contributed by atoms with E-state index in [2.05, 4.69) is 10.3 Å². The number of aromatic nitrogens is 2. The molecule has 6 nitrogen and oxygen atoms in total. The van der Waals surface area contributed by atoms with Gasteiger partial charge in [-0.25, -0.2) is 4.98 Å². The first-order valence-corrected chi connectivity index (χ1v) is 9.64. The number of amides is 2. The summed E-state index contributed by atoms with van der Waals surface area (Å²) in [5.41, 5.74) is 4.65. The lowest BCUT2D eigenvalue weighted by Gasteiger charge is -2.30. The third-order valence-corrected chi connectivity index (χ3v) is 4.99. The molecule has 0 fully saturated rings. The van der Waals surface area contributed by atoms with Crippen molar-refractivity contribution in [1.82, 2.24) is 14.7 Å². The second-order valence-corrected chi connectivity index (χ2v) is 7.59. The zero-order valence-corrected chi connectivity index (χ0v) is 16.4. The van der Waals surface area contributed by atoms with Crippen molar-refractivity contribution in [2.75, 3.05) is 11.4 Å². The van der Waals surface area contributed by atoms with Gasteiger partial charge >= 0.3 is 0 Å². The molecule has 3 heterocycles. The molecule has 1 aliphatic heterocycles. The van der Waals surface area contributed by atoms with Gasteiger partial charge in [0.05, 0.1) is 0 Å². The maximum absolute atomic E-state index is 13.2. The summed E-state index contributed by atoms with van der Waals surface area (Å²) in [5, 5.41) is 2.95. The van der Waals surface area contributed by atoms with Crippen molar-refractivity contribution < 1.29 is 9.59 Å². The molecule has 6 heteroatoms. The molecule has 0 unspecified atom stereocenters. The number of carbonyl (C=O) groups is 2. The van der Waals surface area contributed by atoms with Crippen LogP contribution in [0.25, 0.3) is 5.65 Å². The van der Waals surface area contributed by atoms with E-state index >= 15 is 0 Å². The number of fused-ring (bicyclic) bond motifs is 2. The number of rotatable bonds is 3. The monoisotopic (exact) mass is 376 g/mol. The highest BCUT2D eigenvalue weighted by atomic mass is 16.2. The van der Waals surface area contributed by atoms with Crippen LogP contribution in [-0.4, -0.2) is 33.8 Å². The van der Waals surface area contributed by atoms with E-state index in [9.17, 15) is 9.59 Å². The summed E-state index contributed by atoms with van der Waals surface area (Å²) in [6, 6.07) is 9.59. The number of imidazole rings is 1. The maximum Gasteiger partial charge on any atom is 0.278 e. The minimum Gasteiger partial charge on any atom is -0.350 e. The molecule has 2 aromatic heterocycles. The Morgan fingerprint density at radius 3 is 2.82 bits per heavy atom. The highest BCUT2D eigenvalue weighted by Crippen LogP contribution is 2.31. The van der Waals surface area contributed by atoms with Crippen molar-refractivity contribution in [2.45, 2.75) is 39.7 Å². The predicted molar refractivity (Wildman–Crippen MR) is 109 cm³/mol. The molecule has 1 aliphatic rings. The predicted octanol–water partition coefficient (Wildman–Crippen LogP) is 3.37. The summed E-state index contributed by atoms with van der Waals surface area (Å²) in [4.78, 5) is 32.1. The van der Waals surface area contributed by atoms with Crippen LogP contribution < -0.4 is 10.2 Å². The van der Waals surface area contributed by atoms with Crippen LogP contribution in [0.5, 0.6) is 0 Å². The summed E-state index contributed by atoms with van der Waals surface area (Å²) in [6.45, 7) is 6.50. The minimum absolute atomic E-state index is 0.0612. The van der Waals surface area contributed by atoms with Crippen LogP contribution in [0, 0.1) is 6.92 Å². The summed E-state index contributed by atoms with van der Waals surface area (Å²) < 4.78 is 1.86.